The molecule has 0 radical (unpaired) electrons. The summed E-state index contributed by atoms with van der Waals surface area (Å²) in [7, 11) is 2.21. The predicted octanol–water partition coefficient (Wildman–Crippen LogP) is 4.02. The zero-order chi connectivity index (χ0) is 24.2. The Morgan fingerprint density at radius 2 is 1.33 bits per heavy atom. The largest absolute Gasteiger partial charge is 1.00 e. The lowest BCUT2D eigenvalue weighted by molar-refractivity contribution is -0.143. The van der Waals surface area contributed by atoms with Crippen LogP contribution in [-0.4, -0.2) is 29.7 Å². The van der Waals surface area contributed by atoms with Crippen LogP contribution in [0, 0.1) is 0 Å². The summed E-state index contributed by atoms with van der Waals surface area (Å²) in [6.45, 7) is 0.520. The Bertz CT molecular complexity index is 918. The average Bonchev–Trinajstić information content (AvgIpc) is 3.44. The van der Waals surface area contributed by atoms with Crippen LogP contribution in [0.4, 0.5) is 0 Å². The Morgan fingerprint density at radius 3 is 1.83 bits per heavy atom. The van der Waals surface area contributed by atoms with Crippen molar-refractivity contribution in [3.05, 3.63) is 91.0 Å². The number of hydrogen-bond acceptors (Lipinski definition) is 4. The molecule has 1 heterocycles. The van der Waals surface area contributed by atoms with E-state index in [0.29, 0.717) is 13.0 Å². The van der Waals surface area contributed by atoms with Gasteiger partial charge >= 0.3 is 5.97 Å². The van der Waals surface area contributed by atoms with Crippen molar-refractivity contribution in [2.75, 3.05) is 18.5 Å². The van der Waals surface area contributed by atoms with Gasteiger partial charge in [0.15, 0.2) is 0 Å². The minimum atomic E-state index is -1.79. The minimum Gasteiger partial charge on any atom is -1.00 e. The first-order chi connectivity index (χ1) is 17.3. The van der Waals surface area contributed by atoms with E-state index in [2.05, 4.69) is 91.0 Å². The van der Waals surface area contributed by atoms with Gasteiger partial charge in [-0.25, -0.2) is 0 Å². The van der Waals surface area contributed by atoms with Crippen molar-refractivity contribution < 1.29 is 26.5 Å². The van der Waals surface area contributed by atoms with Crippen molar-refractivity contribution in [1.82, 2.24) is 0 Å². The van der Waals surface area contributed by atoms with E-state index in [1.54, 1.807) is 0 Å². The van der Waals surface area contributed by atoms with Gasteiger partial charge in [0.05, 0.1) is 12.8 Å². The molecule has 0 spiro atoms. The number of benzene rings is 3. The normalized spacial score (nSPS) is 15.3. The maximum Gasteiger partial charge on any atom is 0.305 e. The van der Waals surface area contributed by atoms with Crippen LogP contribution < -0.4 is 32.9 Å². The van der Waals surface area contributed by atoms with E-state index in [1.165, 1.54) is 34.5 Å². The average molecular weight is 604 g/mol. The van der Waals surface area contributed by atoms with E-state index < -0.39 is 7.26 Å². The Labute approximate surface area is 235 Å². The zero-order valence-electron chi connectivity index (χ0n) is 20.8. The summed E-state index contributed by atoms with van der Waals surface area (Å²) in [4.78, 5) is 12.2. The molecule has 1 atom stereocenters. The Balaban J connectivity index is 0.00000361. The molecular weight excluding hydrogens is 567 g/mol. The maximum atomic E-state index is 12.2. The first kappa shape index (κ1) is 29.3. The fourth-order valence-corrected chi connectivity index (χ4v) is 12.2. The quantitative estimate of drug-likeness (QED) is 0.128. The molecule has 36 heavy (non-hydrogen) atoms. The lowest BCUT2D eigenvalue weighted by atomic mass is 10.1. The molecule has 0 aliphatic carbocycles. The number of ether oxygens (including phenoxy) is 1. The molecule has 3 aromatic rings. The van der Waals surface area contributed by atoms with Gasteiger partial charge in [-0.3, -0.25) is 4.79 Å². The third-order valence-electron chi connectivity index (χ3n) is 6.63. The molecule has 1 saturated heterocycles. The molecule has 1 aliphatic rings. The van der Waals surface area contributed by atoms with Crippen LogP contribution in [-0.2, 0) is 9.53 Å². The van der Waals surface area contributed by atoms with Crippen molar-refractivity contribution in [2.24, 2.45) is 0 Å². The van der Waals surface area contributed by atoms with Crippen molar-refractivity contribution >= 4 is 50.7 Å². The van der Waals surface area contributed by atoms with E-state index in [9.17, 15) is 4.79 Å². The summed E-state index contributed by atoms with van der Waals surface area (Å²) >= 11 is 0. The molecular formula is C30H36BrO2PS2. The molecule has 0 bridgehead atoms. The molecule has 0 N–H and O–H groups in total. The second-order valence-electron chi connectivity index (χ2n) is 9.04. The number of hydrogen-bond donors (Lipinski definition) is 0. The molecule has 0 saturated carbocycles. The maximum absolute atomic E-state index is 12.2. The molecule has 1 aliphatic heterocycles. The van der Waals surface area contributed by atoms with E-state index in [-0.39, 0.29) is 23.0 Å². The first-order valence-electron chi connectivity index (χ1n) is 12.8. The highest BCUT2D eigenvalue weighted by Gasteiger charge is 2.44. The van der Waals surface area contributed by atoms with Gasteiger partial charge in [0, 0.05) is 17.4 Å². The molecule has 6 heteroatoms. The summed E-state index contributed by atoms with van der Waals surface area (Å²) in [6, 6.07) is 32.9. The topological polar surface area (TPSA) is 26.3 Å². The van der Waals surface area contributed by atoms with Gasteiger partial charge in [0.2, 0.25) is 0 Å². The minimum absolute atomic E-state index is 0. The van der Waals surface area contributed by atoms with E-state index in [1.807, 2.05) is 21.6 Å². The highest BCUT2D eigenvalue weighted by Crippen LogP contribution is 2.55. The van der Waals surface area contributed by atoms with Crippen molar-refractivity contribution in [1.29, 1.82) is 0 Å². The zero-order valence-corrected chi connectivity index (χ0v) is 24.9. The summed E-state index contributed by atoms with van der Waals surface area (Å²) in [5, 5.41) is 5.02. The van der Waals surface area contributed by atoms with Crippen LogP contribution in [0.15, 0.2) is 91.0 Å². The fraction of sp³-hybridized carbons (Fsp3) is 0.367. The number of esters is 1. The number of unbranched alkanes of at least 4 members (excludes halogenated alkanes) is 2. The van der Waals surface area contributed by atoms with E-state index in [0.717, 1.165) is 37.1 Å². The van der Waals surface area contributed by atoms with Gasteiger partial charge in [0.1, 0.15) is 23.2 Å². The second kappa shape index (κ2) is 15.9. The van der Waals surface area contributed by atoms with Crippen LogP contribution in [0.3, 0.4) is 0 Å². The number of rotatable bonds is 13. The lowest BCUT2D eigenvalue weighted by Gasteiger charge is -2.27. The number of carbonyl (C=O) groups is 1. The standard InChI is InChI=1S/C30H36O2PS2.BrH/c31-30(21-11-10-20-29-22-25-34-35-29)32-23-12-13-24-33(26-14-4-1-5-15-26,27-16-6-2-7-17-27)28-18-8-3-9-19-28;/h1-9,14-19,29H,10-13,20-25H2;1H/q+1;/p-1. The van der Waals surface area contributed by atoms with Crippen molar-refractivity contribution in [3.8, 4) is 0 Å². The Morgan fingerprint density at radius 1 is 0.778 bits per heavy atom. The van der Waals surface area contributed by atoms with Crippen LogP contribution in [0.2, 0.25) is 0 Å². The molecule has 192 valence electrons. The monoisotopic (exact) mass is 602 g/mol. The van der Waals surface area contributed by atoms with E-state index in [4.69, 9.17) is 4.74 Å². The van der Waals surface area contributed by atoms with Crippen LogP contribution >= 0.6 is 28.9 Å². The van der Waals surface area contributed by atoms with Crippen molar-refractivity contribution in [3.63, 3.8) is 0 Å². The van der Waals surface area contributed by atoms with Gasteiger partial charge in [-0.15, -0.1) is 0 Å². The molecule has 4 rings (SSSR count). The highest BCUT2D eigenvalue weighted by atomic mass is 79.9. The molecule has 0 aromatic heterocycles. The SMILES string of the molecule is O=C(CCCCC1CCSS1)OCCCC[P+](c1ccccc1)(c1ccccc1)c1ccccc1.[Br-]. The molecule has 1 fully saturated rings. The molecule has 3 aromatic carbocycles. The smallest absolute Gasteiger partial charge is 0.305 e. The van der Waals surface area contributed by atoms with Crippen LogP contribution in [0.25, 0.3) is 0 Å². The van der Waals surface area contributed by atoms with Gasteiger partial charge in [-0.05, 0) is 68.5 Å². The van der Waals surface area contributed by atoms with Crippen LogP contribution in [0.1, 0.15) is 44.9 Å². The lowest BCUT2D eigenvalue weighted by Crippen LogP contribution is -3.00. The molecule has 2 nitrogen and oxygen atoms in total. The third-order valence-corrected chi connectivity index (χ3v) is 14.2. The number of halogens is 1. The first-order valence-corrected chi connectivity index (χ1v) is 17.1. The molecule has 0 amide bonds. The highest BCUT2D eigenvalue weighted by molar-refractivity contribution is 8.77. The van der Waals surface area contributed by atoms with Gasteiger partial charge in [-0.1, -0.05) is 82.6 Å². The predicted molar refractivity (Wildman–Crippen MR) is 157 cm³/mol. The van der Waals surface area contributed by atoms with E-state index >= 15 is 0 Å². The van der Waals surface area contributed by atoms with Crippen molar-refractivity contribution in [2.45, 2.75) is 50.2 Å². The Hall–Kier alpha value is -1.26. The fourth-order valence-electron chi connectivity index (χ4n) is 4.80. The summed E-state index contributed by atoms with van der Waals surface area (Å²) in [5.41, 5.74) is 0. The summed E-state index contributed by atoms with van der Waals surface area (Å²) in [5.74, 6) is 1.24. The number of carbonyl (C=O) groups excluding carboxylic acids is 1. The second-order valence-corrected chi connectivity index (χ2v) is 15.4. The van der Waals surface area contributed by atoms with Gasteiger partial charge in [-0.2, -0.15) is 0 Å². The molecule has 1 unspecified atom stereocenters. The van der Waals surface area contributed by atoms with Gasteiger partial charge < -0.3 is 21.7 Å². The van der Waals surface area contributed by atoms with Gasteiger partial charge in [0.25, 0.3) is 0 Å². The Kier molecular flexibility index (Phi) is 12.9. The summed E-state index contributed by atoms with van der Waals surface area (Å²) < 4.78 is 5.61. The third kappa shape index (κ3) is 8.12. The van der Waals surface area contributed by atoms with Crippen LogP contribution in [0.5, 0.6) is 0 Å². The summed E-state index contributed by atoms with van der Waals surface area (Å²) in [6.07, 6.45) is 8.18.